The molecule has 0 aliphatic heterocycles. The molecule has 4 nitrogen and oxygen atoms in total. The van der Waals surface area contributed by atoms with Crippen LogP contribution in [0.4, 0.5) is 0 Å². The van der Waals surface area contributed by atoms with E-state index < -0.39 is 0 Å². The number of carbonyl (C=O) groups is 1. The van der Waals surface area contributed by atoms with Gasteiger partial charge in [0.25, 0.3) is 0 Å². The Balaban J connectivity index is 2.51. The molecule has 0 unspecified atom stereocenters. The van der Waals surface area contributed by atoms with Crippen molar-refractivity contribution >= 4 is 23.4 Å². The number of hydrogen-bond acceptors (Lipinski definition) is 5. The van der Waals surface area contributed by atoms with E-state index in [0.29, 0.717) is 12.3 Å². The van der Waals surface area contributed by atoms with E-state index in [0.717, 1.165) is 18.0 Å². The van der Waals surface area contributed by atoms with Gasteiger partial charge in [-0.15, -0.1) is 11.3 Å². The first-order valence-corrected chi connectivity index (χ1v) is 6.09. The Morgan fingerprint density at radius 2 is 2.50 bits per heavy atom. The highest BCUT2D eigenvalue weighted by molar-refractivity contribution is 7.10. The number of hydrogen-bond donors (Lipinski definition) is 1. The Kier molecular flexibility index (Phi) is 5.74. The lowest BCUT2D eigenvalue weighted by Crippen LogP contribution is -2.05. The molecular formula is C11H16N2O2S. The molecule has 0 aliphatic rings. The van der Waals surface area contributed by atoms with Crippen LogP contribution in [0.1, 0.15) is 28.8 Å². The Bertz CT molecular complexity index is 361. The lowest BCUT2D eigenvalue weighted by molar-refractivity contribution is 0.0520. The average molecular weight is 240 g/mol. The molecule has 1 heterocycles. The SMILES string of the molecule is CCOC(=O)c1csc(C=CCCNC)n1. The van der Waals surface area contributed by atoms with Gasteiger partial charge < -0.3 is 10.1 Å². The van der Waals surface area contributed by atoms with Gasteiger partial charge in [-0.2, -0.15) is 0 Å². The molecule has 0 fully saturated rings. The molecule has 1 aromatic rings. The van der Waals surface area contributed by atoms with E-state index in [2.05, 4.69) is 10.3 Å². The third-order valence-corrected chi connectivity index (χ3v) is 2.64. The van der Waals surface area contributed by atoms with Gasteiger partial charge in [-0.3, -0.25) is 0 Å². The summed E-state index contributed by atoms with van der Waals surface area (Å²) in [7, 11) is 1.91. The summed E-state index contributed by atoms with van der Waals surface area (Å²) in [6.07, 6.45) is 4.90. The van der Waals surface area contributed by atoms with E-state index >= 15 is 0 Å². The third-order valence-electron chi connectivity index (χ3n) is 1.83. The summed E-state index contributed by atoms with van der Waals surface area (Å²) in [5, 5.41) is 5.60. The fraction of sp³-hybridized carbons (Fsp3) is 0.455. The average Bonchev–Trinajstić information content (AvgIpc) is 2.73. The molecule has 0 aliphatic carbocycles. The topological polar surface area (TPSA) is 51.2 Å². The zero-order chi connectivity index (χ0) is 11.8. The number of thiazole rings is 1. The number of carbonyl (C=O) groups excluding carboxylic acids is 1. The Morgan fingerprint density at radius 3 is 3.19 bits per heavy atom. The Labute approximate surface area is 99.3 Å². The van der Waals surface area contributed by atoms with Crippen LogP contribution in [-0.4, -0.2) is 31.2 Å². The number of aromatic nitrogens is 1. The summed E-state index contributed by atoms with van der Waals surface area (Å²) in [6, 6.07) is 0. The van der Waals surface area contributed by atoms with Crippen molar-refractivity contribution < 1.29 is 9.53 Å². The molecule has 0 radical (unpaired) electrons. The van der Waals surface area contributed by atoms with Crippen LogP contribution in [0.3, 0.4) is 0 Å². The normalized spacial score (nSPS) is 10.9. The van der Waals surface area contributed by atoms with E-state index in [1.54, 1.807) is 12.3 Å². The monoisotopic (exact) mass is 240 g/mol. The minimum atomic E-state index is -0.353. The summed E-state index contributed by atoms with van der Waals surface area (Å²) in [5.41, 5.74) is 0.389. The van der Waals surface area contributed by atoms with Crippen molar-refractivity contribution in [3.8, 4) is 0 Å². The largest absolute Gasteiger partial charge is 0.461 e. The minimum absolute atomic E-state index is 0.353. The molecular weight excluding hydrogens is 224 g/mol. The summed E-state index contributed by atoms with van der Waals surface area (Å²) < 4.78 is 4.86. The second-order valence-corrected chi connectivity index (χ2v) is 3.98. The zero-order valence-corrected chi connectivity index (χ0v) is 10.3. The summed E-state index contributed by atoms with van der Waals surface area (Å²) >= 11 is 1.44. The third kappa shape index (κ3) is 4.12. The molecule has 0 aromatic carbocycles. The molecule has 16 heavy (non-hydrogen) atoms. The van der Waals surface area contributed by atoms with Crippen LogP contribution in [0, 0.1) is 0 Å². The Hall–Kier alpha value is -1.20. The van der Waals surface area contributed by atoms with Gasteiger partial charge in [0.15, 0.2) is 5.69 Å². The van der Waals surface area contributed by atoms with Crippen LogP contribution < -0.4 is 5.32 Å². The van der Waals surface area contributed by atoms with Crippen molar-refractivity contribution in [1.29, 1.82) is 0 Å². The number of esters is 1. The fourth-order valence-electron chi connectivity index (χ4n) is 1.07. The second-order valence-electron chi connectivity index (χ2n) is 3.09. The smallest absolute Gasteiger partial charge is 0.357 e. The maximum absolute atomic E-state index is 11.3. The van der Waals surface area contributed by atoms with E-state index in [9.17, 15) is 4.79 Å². The quantitative estimate of drug-likeness (QED) is 0.610. The van der Waals surface area contributed by atoms with Crippen molar-refractivity contribution in [3.63, 3.8) is 0 Å². The molecule has 1 aromatic heterocycles. The predicted molar refractivity (Wildman–Crippen MR) is 65.6 cm³/mol. The van der Waals surface area contributed by atoms with Crippen molar-refractivity contribution in [1.82, 2.24) is 10.3 Å². The molecule has 0 amide bonds. The van der Waals surface area contributed by atoms with E-state index in [1.165, 1.54) is 11.3 Å². The molecule has 88 valence electrons. The molecule has 0 spiro atoms. The van der Waals surface area contributed by atoms with Gasteiger partial charge in [-0.05, 0) is 33.0 Å². The zero-order valence-electron chi connectivity index (χ0n) is 9.53. The van der Waals surface area contributed by atoms with Crippen molar-refractivity contribution in [2.75, 3.05) is 20.2 Å². The molecule has 0 atom stereocenters. The summed E-state index contributed by atoms with van der Waals surface area (Å²) in [5.74, 6) is -0.353. The summed E-state index contributed by atoms with van der Waals surface area (Å²) in [4.78, 5) is 15.5. The van der Waals surface area contributed by atoms with Gasteiger partial charge in [0.05, 0.1) is 6.61 Å². The highest BCUT2D eigenvalue weighted by Gasteiger charge is 2.09. The van der Waals surface area contributed by atoms with Gasteiger partial charge in [0.1, 0.15) is 5.01 Å². The van der Waals surface area contributed by atoms with Crippen molar-refractivity contribution in [2.45, 2.75) is 13.3 Å². The van der Waals surface area contributed by atoms with Crippen LogP contribution in [0.15, 0.2) is 11.5 Å². The lowest BCUT2D eigenvalue weighted by atomic mass is 10.4. The molecule has 1 rings (SSSR count). The van der Waals surface area contributed by atoms with Crippen LogP contribution >= 0.6 is 11.3 Å². The van der Waals surface area contributed by atoms with Crippen LogP contribution in [-0.2, 0) is 4.74 Å². The Morgan fingerprint density at radius 1 is 1.69 bits per heavy atom. The van der Waals surface area contributed by atoms with Gasteiger partial charge in [-0.1, -0.05) is 6.08 Å². The number of rotatable bonds is 6. The van der Waals surface area contributed by atoms with Crippen molar-refractivity contribution in [2.24, 2.45) is 0 Å². The first kappa shape index (κ1) is 12.9. The molecule has 1 N–H and O–H groups in total. The van der Waals surface area contributed by atoms with Gasteiger partial charge >= 0.3 is 5.97 Å². The maximum Gasteiger partial charge on any atom is 0.357 e. The standard InChI is InChI=1S/C11H16N2O2S/c1-3-15-11(14)9-8-16-10(13-9)6-4-5-7-12-2/h4,6,8,12H,3,5,7H2,1-2H3. The minimum Gasteiger partial charge on any atom is -0.461 e. The fourth-order valence-corrected chi connectivity index (χ4v) is 1.78. The van der Waals surface area contributed by atoms with Crippen LogP contribution in [0.5, 0.6) is 0 Å². The molecule has 5 heteroatoms. The highest BCUT2D eigenvalue weighted by Crippen LogP contribution is 2.12. The van der Waals surface area contributed by atoms with Gasteiger partial charge in [-0.25, -0.2) is 9.78 Å². The first-order valence-electron chi connectivity index (χ1n) is 5.21. The number of nitrogens with one attached hydrogen (secondary N) is 1. The molecule has 0 saturated carbocycles. The summed E-state index contributed by atoms with van der Waals surface area (Å²) in [6.45, 7) is 3.10. The van der Waals surface area contributed by atoms with Crippen LogP contribution in [0.25, 0.3) is 6.08 Å². The highest BCUT2D eigenvalue weighted by atomic mass is 32.1. The number of nitrogens with zero attached hydrogens (tertiary/aromatic N) is 1. The second kappa shape index (κ2) is 7.14. The molecule has 0 bridgehead atoms. The first-order chi connectivity index (χ1) is 7.77. The van der Waals surface area contributed by atoms with Crippen LogP contribution in [0.2, 0.25) is 0 Å². The number of ether oxygens (including phenoxy) is 1. The maximum atomic E-state index is 11.3. The molecule has 0 saturated heterocycles. The van der Waals surface area contributed by atoms with Gasteiger partial charge in [0, 0.05) is 5.38 Å². The van der Waals surface area contributed by atoms with Gasteiger partial charge in [0.2, 0.25) is 0 Å². The van der Waals surface area contributed by atoms with E-state index in [4.69, 9.17) is 4.74 Å². The van der Waals surface area contributed by atoms with E-state index in [1.807, 2.05) is 19.2 Å². The van der Waals surface area contributed by atoms with Crippen molar-refractivity contribution in [3.05, 3.63) is 22.2 Å². The van der Waals surface area contributed by atoms with E-state index in [-0.39, 0.29) is 5.97 Å². The lowest BCUT2D eigenvalue weighted by Gasteiger charge is -1.95. The predicted octanol–water partition coefficient (Wildman–Crippen LogP) is 1.94.